The number of hydrogen-bond donors (Lipinski definition) is 3. The van der Waals surface area contributed by atoms with Gasteiger partial charge in [0, 0.05) is 48.7 Å². The highest BCUT2D eigenvalue weighted by Crippen LogP contribution is 2.36. The Morgan fingerprint density at radius 2 is 1.79 bits per heavy atom. The van der Waals surface area contributed by atoms with Gasteiger partial charge in [0.15, 0.2) is 5.82 Å². The van der Waals surface area contributed by atoms with Crippen molar-refractivity contribution >= 4 is 41.0 Å². The molecule has 0 saturated carbocycles. The number of aromatic nitrogens is 3. The number of hydrogen-bond acceptors (Lipinski definition) is 7. The molecule has 2 saturated heterocycles. The van der Waals surface area contributed by atoms with Crippen LogP contribution in [-0.2, 0) is 5.60 Å². The van der Waals surface area contributed by atoms with Crippen LogP contribution in [0.3, 0.4) is 0 Å². The van der Waals surface area contributed by atoms with Crippen molar-refractivity contribution < 1.29 is 9.90 Å². The van der Waals surface area contributed by atoms with E-state index >= 15 is 0 Å². The Labute approximate surface area is 233 Å². The third kappa shape index (κ3) is 5.85. The maximum atomic E-state index is 12.5. The summed E-state index contributed by atoms with van der Waals surface area (Å²) in [6.45, 7) is 8.94. The number of benzene rings is 2. The lowest BCUT2D eigenvalue weighted by Gasteiger charge is -2.40. The van der Waals surface area contributed by atoms with Gasteiger partial charge in [-0.25, -0.2) is 4.68 Å². The first-order chi connectivity index (χ1) is 18.8. The van der Waals surface area contributed by atoms with Gasteiger partial charge in [0.05, 0.1) is 17.3 Å². The van der Waals surface area contributed by atoms with Crippen LogP contribution in [-0.4, -0.2) is 74.8 Å². The molecule has 3 heterocycles. The van der Waals surface area contributed by atoms with E-state index in [0.29, 0.717) is 48.3 Å². The fraction of sp³-hybridized carbons (Fsp3) is 0.345. The Hall–Kier alpha value is -3.66. The van der Waals surface area contributed by atoms with Crippen LogP contribution in [0, 0.1) is 0 Å². The minimum atomic E-state index is -0.893. The SMILES string of the molecule is C=Cn1nc(Nc2ccc(C(=O)NC3CN(C)C3)cc2)nc1/C(=C\C)N1CCC(O)(c2ccc(Cl)cc2)CC1. The summed E-state index contributed by atoms with van der Waals surface area (Å²) < 4.78 is 1.65. The molecule has 0 aliphatic carbocycles. The largest absolute Gasteiger partial charge is 0.385 e. The summed E-state index contributed by atoms with van der Waals surface area (Å²) in [5.41, 5.74) is 2.29. The van der Waals surface area contributed by atoms with Gasteiger partial charge in [0.2, 0.25) is 5.95 Å². The van der Waals surface area contributed by atoms with Gasteiger partial charge in [-0.15, -0.1) is 5.10 Å². The topological polar surface area (TPSA) is 98.6 Å². The van der Waals surface area contributed by atoms with Crippen LogP contribution in [0.5, 0.6) is 0 Å². The maximum Gasteiger partial charge on any atom is 0.251 e. The van der Waals surface area contributed by atoms with Gasteiger partial charge in [0.1, 0.15) is 0 Å². The minimum absolute atomic E-state index is 0.0711. The van der Waals surface area contributed by atoms with Crippen LogP contribution >= 0.6 is 11.6 Å². The van der Waals surface area contributed by atoms with Crippen LogP contribution in [0.15, 0.2) is 61.2 Å². The number of piperidine rings is 1. The standard InChI is InChI=1S/C29H34ClN7O2/c1-4-25(36-16-14-29(39,15-17-36)21-8-10-22(30)11-9-21)26-33-28(34-37(26)5-2)32-23-12-6-20(7-13-23)27(38)31-24-18-35(3)19-24/h4-13,24,39H,2,14-19H2,1,3H3,(H,31,38)(H,32,34)/b25-4+. The number of likely N-dealkylation sites (N-methyl/N-ethyl adjacent to an activating group) is 1. The molecule has 39 heavy (non-hydrogen) atoms. The van der Waals surface area contributed by atoms with E-state index < -0.39 is 5.60 Å². The predicted molar refractivity (Wildman–Crippen MR) is 155 cm³/mol. The van der Waals surface area contributed by atoms with E-state index in [2.05, 4.69) is 32.1 Å². The van der Waals surface area contributed by atoms with Gasteiger partial charge >= 0.3 is 0 Å². The van der Waals surface area contributed by atoms with E-state index in [0.717, 1.165) is 30.0 Å². The molecule has 1 amide bonds. The first-order valence-corrected chi connectivity index (χ1v) is 13.5. The lowest BCUT2D eigenvalue weighted by atomic mass is 9.84. The fourth-order valence-electron chi connectivity index (χ4n) is 5.19. The predicted octanol–water partition coefficient (Wildman–Crippen LogP) is 4.16. The number of nitrogens with one attached hydrogen (secondary N) is 2. The third-order valence-electron chi connectivity index (χ3n) is 7.42. The molecule has 0 atom stereocenters. The van der Waals surface area contributed by atoms with Gasteiger partial charge in [-0.1, -0.05) is 36.4 Å². The summed E-state index contributed by atoms with van der Waals surface area (Å²) >= 11 is 6.03. The van der Waals surface area contributed by atoms with Gasteiger partial charge < -0.3 is 25.5 Å². The highest BCUT2D eigenvalue weighted by Gasteiger charge is 2.35. The molecule has 1 aromatic heterocycles. The molecule has 2 aliphatic rings. The first kappa shape index (κ1) is 26.9. The molecule has 2 aromatic carbocycles. The van der Waals surface area contributed by atoms with Crippen LogP contribution < -0.4 is 10.6 Å². The number of allylic oxidation sites excluding steroid dienone is 1. The summed E-state index contributed by atoms with van der Waals surface area (Å²) in [5, 5.41) is 22.8. The van der Waals surface area contributed by atoms with Crippen LogP contribution in [0.1, 0.15) is 41.5 Å². The Kier molecular flexibility index (Phi) is 7.74. The lowest BCUT2D eigenvalue weighted by molar-refractivity contribution is -0.0141. The van der Waals surface area contributed by atoms with Gasteiger partial charge in [0.25, 0.3) is 5.91 Å². The molecule has 9 nitrogen and oxygen atoms in total. The number of aliphatic hydroxyl groups is 1. The summed E-state index contributed by atoms with van der Waals surface area (Å²) in [7, 11) is 2.03. The average Bonchev–Trinajstić information content (AvgIpc) is 3.32. The number of likely N-dealkylation sites (tertiary alicyclic amines) is 2. The first-order valence-electron chi connectivity index (χ1n) is 13.1. The van der Waals surface area contributed by atoms with E-state index in [1.165, 1.54) is 0 Å². The van der Waals surface area contributed by atoms with Gasteiger partial charge in [-0.05, 0) is 68.8 Å². The Morgan fingerprint density at radius 1 is 1.13 bits per heavy atom. The average molecular weight is 548 g/mol. The third-order valence-corrected chi connectivity index (χ3v) is 7.67. The minimum Gasteiger partial charge on any atom is -0.385 e. The van der Waals surface area contributed by atoms with E-state index in [-0.39, 0.29) is 11.9 Å². The Bertz CT molecular complexity index is 1350. The fourth-order valence-corrected chi connectivity index (χ4v) is 5.32. The van der Waals surface area contributed by atoms with E-state index in [1.807, 2.05) is 56.4 Å². The molecular formula is C29H34ClN7O2. The van der Waals surface area contributed by atoms with Crippen molar-refractivity contribution in [3.63, 3.8) is 0 Å². The van der Waals surface area contributed by atoms with Crippen molar-refractivity contribution in [2.75, 3.05) is 38.5 Å². The summed E-state index contributed by atoms with van der Waals surface area (Å²) in [6, 6.07) is 14.9. The lowest BCUT2D eigenvalue weighted by Crippen LogP contribution is -2.57. The second-order valence-corrected chi connectivity index (χ2v) is 10.6. The van der Waals surface area contributed by atoms with Crippen molar-refractivity contribution in [2.45, 2.75) is 31.4 Å². The summed E-state index contributed by atoms with van der Waals surface area (Å²) in [4.78, 5) is 21.6. The summed E-state index contributed by atoms with van der Waals surface area (Å²) in [5.74, 6) is 1.01. The molecule has 204 valence electrons. The quantitative estimate of drug-likeness (QED) is 0.389. The highest BCUT2D eigenvalue weighted by molar-refractivity contribution is 6.30. The number of carbonyl (C=O) groups excluding carboxylic acids is 1. The normalized spacial score (nSPS) is 17.9. The van der Waals surface area contributed by atoms with Crippen molar-refractivity contribution in [1.29, 1.82) is 0 Å². The van der Waals surface area contributed by atoms with Crippen molar-refractivity contribution in [2.24, 2.45) is 0 Å². The number of amides is 1. The number of anilines is 2. The molecule has 10 heteroatoms. The Morgan fingerprint density at radius 3 is 2.38 bits per heavy atom. The number of nitrogens with zero attached hydrogens (tertiary/aromatic N) is 5. The molecule has 3 N–H and O–H groups in total. The van der Waals surface area contributed by atoms with Crippen LogP contribution in [0.4, 0.5) is 11.6 Å². The molecule has 0 unspecified atom stereocenters. The van der Waals surface area contributed by atoms with Gasteiger partial charge in [-0.3, -0.25) is 4.79 Å². The highest BCUT2D eigenvalue weighted by atomic mass is 35.5. The maximum absolute atomic E-state index is 12.5. The number of halogens is 1. The van der Waals surface area contributed by atoms with Crippen molar-refractivity contribution in [3.05, 3.63) is 83.2 Å². The van der Waals surface area contributed by atoms with Crippen LogP contribution in [0.2, 0.25) is 5.02 Å². The summed E-state index contributed by atoms with van der Waals surface area (Å²) in [6.07, 6.45) is 4.79. The smallest absolute Gasteiger partial charge is 0.251 e. The zero-order chi connectivity index (χ0) is 27.6. The van der Waals surface area contributed by atoms with E-state index in [1.54, 1.807) is 23.0 Å². The molecule has 0 radical (unpaired) electrons. The number of rotatable bonds is 8. The van der Waals surface area contributed by atoms with E-state index in [9.17, 15) is 9.90 Å². The molecule has 5 rings (SSSR count). The van der Waals surface area contributed by atoms with Crippen molar-refractivity contribution in [3.8, 4) is 0 Å². The van der Waals surface area contributed by atoms with Crippen molar-refractivity contribution in [1.82, 2.24) is 29.9 Å². The molecule has 0 bridgehead atoms. The van der Waals surface area contributed by atoms with Gasteiger partial charge in [-0.2, -0.15) is 4.98 Å². The molecule has 0 spiro atoms. The second-order valence-electron chi connectivity index (χ2n) is 10.2. The Balaban J connectivity index is 1.25. The number of carbonyl (C=O) groups is 1. The van der Waals surface area contributed by atoms with Crippen LogP contribution in [0.25, 0.3) is 11.9 Å². The molecule has 2 fully saturated rings. The molecule has 2 aliphatic heterocycles. The molecule has 3 aromatic rings. The molecular weight excluding hydrogens is 514 g/mol. The monoisotopic (exact) mass is 547 g/mol. The van der Waals surface area contributed by atoms with E-state index in [4.69, 9.17) is 16.6 Å². The zero-order valence-electron chi connectivity index (χ0n) is 22.3. The zero-order valence-corrected chi connectivity index (χ0v) is 23.0. The second kappa shape index (κ2) is 11.2.